The molecule has 0 aliphatic carbocycles. The van der Waals surface area contributed by atoms with Gasteiger partial charge in [-0.25, -0.2) is 4.79 Å². The van der Waals surface area contributed by atoms with Crippen molar-refractivity contribution in [1.82, 2.24) is 0 Å². The number of ether oxygens (including phenoxy) is 1. The Morgan fingerprint density at radius 1 is 1.46 bits per heavy atom. The van der Waals surface area contributed by atoms with Crippen molar-refractivity contribution in [3.05, 3.63) is 24.8 Å². The van der Waals surface area contributed by atoms with E-state index in [0.717, 1.165) is 6.08 Å². The summed E-state index contributed by atoms with van der Waals surface area (Å²) in [4.78, 5) is 21.0. The fourth-order valence-corrected chi connectivity index (χ4v) is 0.640. The highest BCUT2D eigenvalue weighted by molar-refractivity contribution is 5.91. The van der Waals surface area contributed by atoms with E-state index in [0.29, 0.717) is 18.4 Å². The highest BCUT2D eigenvalue weighted by Crippen LogP contribution is 2.01. The normalized spacial score (nSPS) is 8.92. The molecule has 0 saturated heterocycles. The van der Waals surface area contributed by atoms with E-state index in [1.807, 2.05) is 0 Å². The molecule has 0 unspecified atom stereocenters. The summed E-state index contributed by atoms with van der Waals surface area (Å²) in [6, 6.07) is 0. The van der Waals surface area contributed by atoms with Gasteiger partial charge in [0.15, 0.2) is 0 Å². The molecule has 0 rings (SSSR count). The summed E-state index contributed by atoms with van der Waals surface area (Å²) in [6.45, 7) is 6.94. The molecule has 0 heterocycles. The van der Waals surface area contributed by atoms with E-state index in [1.165, 1.54) is 0 Å². The first kappa shape index (κ1) is 11.4. The Hall–Kier alpha value is -1.58. The lowest BCUT2D eigenvalue weighted by Crippen LogP contribution is -2.13. The second-order valence-corrected chi connectivity index (χ2v) is 2.44. The van der Waals surface area contributed by atoms with E-state index < -0.39 is 11.9 Å². The van der Waals surface area contributed by atoms with Gasteiger partial charge in [0.1, 0.15) is 0 Å². The Bertz CT molecular complexity index is 233. The van der Waals surface area contributed by atoms with Crippen molar-refractivity contribution in [2.45, 2.75) is 12.8 Å². The fourth-order valence-electron chi connectivity index (χ4n) is 0.640. The van der Waals surface area contributed by atoms with Crippen LogP contribution in [0.15, 0.2) is 24.8 Å². The summed E-state index contributed by atoms with van der Waals surface area (Å²) < 4.78 is 4.67. The van der Waals surface area contributed by atoms with Crippen molar-refractivity contribution in [2.75, 3.05) is 6.61 Å². The van der Waals surface area contributed by atoms with Crippen molar-refractivity contribution < 1.29 is 14.3 Å². The predicted octanol–water partition coefficient (Wildman–Crippen LogP) is 0.537. The third-order valence-corrected chi connectivity index (χ3v) is 1.38. The van der Waals surface area contributed by atoms with E-state index in [9.17, 15) is 9.59 Å². The third kappa shape index (κ3) is 5.66. The van der Waals surface area contributed by atoms with Crippen molar-refractivity contribution in [3.8, 4) is 0 Å². The number of amides is 1. The molecule has 0 aromatic carbocycles. The van der Waals surface area contributed by atoms with Gasteiger partial charge in [0, 0.05) is 11.6 Å². The van der Waals surface area contributed by atoms with Crippen molar-refractivity contribution in [2.24, 2.45) is 5.73 Å². The van der Waals surface area contributed by atoms with E-state index in [1.54, 1.807) is 0 Å². The maximum atomic E-state index is 10.5. The lowest BCUT2D eigenvalue weighted by molar-refractivity contribution is -0.137. The summed E-state index contributed by atoms with van der Waals surface area (Å²) in [5, 5.41) is 0. The number of carbonyl (C=O) groups is 2. The Morgan fingerprint density at radius 3 is 2.54 bits per heavy atom. The minimum atomic E-state index is -0.518. The quantitative estimate of drug-likeness (QED) is 0.371. The molecular formula is C9H13NO3. The monoisotopic (exact) mass is 183 g/mol. The van der Waals surface area contributed by atoms with E-state index in [2.05, 4.69) is 17.9 Å². The van der Waals surface area contributed by atoms with Crippen LogP contribution in [-0.4, -0.2) is 18.5 Å². The standard InChI is InChI=1S/C9H13NO3/c1-3-8(11)13-6-4-5-7(2)9(10)12/h3H,1-2,4-6H2,(H2,10,12). The van der Waals surface area contributed by atoms with Gasteiger partial charge in [-0.15, -0.1) is 0 Å². The van der Waals surface area contributed by atoms with Gasteiger partial charge in [-0.1, -0.05) is 13.2 Å². The Balaban J connectivity index is 3.46. The van der Waals surface area contributed by atoms with Gasteiger partial charge in [0.05, 0.1) is 6.61 Å². The van der Waals surface area contributed by atoms with Crippen molar-refractivity contribution >= 4 is 11.9 Å². The van der Waals surface area contributed by atoms with Crippen LogP contribution in [0.25, 0.3) is 0 Å². The lowest BCUT2D eigenvalue weighted by Gasteiger charge is -2.01. The van der Waals surface area contributed by atoms with Crippen LogP contribution in [-0.2, 0) is 14.3 Å². The lowest BCUT2D eigenvalue weighted by atomic mass is 10.1. The zero-order valence-electron chi connectivity index (χ0n) is 7.41. The minimum absolute atomic E-state index is 0.247. The van der Waals surface area contributed by atoms with Gasteiger partial charge in [0.2, 0.25) is 5.91 Å². The first-order chi connectivity index (χ1) is 6.07. The van der Waals surface area contributed by atoms with Crippen LogP contribution in [0, 0.1) is 0 Å². The average molecular weight is 183 g/mol. The average Bonchev–Trinajstić information content (AvgIpc) is 2.11. The van der Waals surface area contributed by atoms with Crippen molar-refractivity contribution in [3.63, 3.8) is 0 Å². The second kappa shape index (κ2) is 5.99. The molecule has 0 aliphatic heterocycles. The van der Waals surface area contributed by atoms with Gasteiger partial charge < -0.3 is 10.5 Å². The molecule has 0 spiro atoms. The number of hydrogen-bond donors (Lipinski definition) is 1. The van der Waals surface area contributed by atoms with Crippen LogP contribution in [0.1, 0.15) is 12.8 Å². The molecule has 4 nitrogen and oxygen atoms in total. The summed E-state index contributed by atoms with van der Waals surface area (Å²) >= 11 is 0. The van der Waals surface area contributed by atoms with Gasteiger partial charge >= 0.3 is 5.97 Å². The first-order valence-electron chi connectivity index (χ1n) is 3.84. The number of nitrogens with two attached hydrogens (primary N) is 1. The first-order valence-corrected chi connectivity index (χ1v) is 3.84. The van der Waals surface area contributed by atoms with Gasteiger partial charge in [-0.05, 0) is 12.8 Å². The summed E-state index contributed by atoms with van der Waals surface area (Å²) in [5.41, 5.74) is 5.28. The molecule has 1 amide bonds. The molecule has 4 heteroatoms. The molecule has 72 valence electrons. The molecule has 0 bridgehead atoms. The molecule has 0 radical (unpaired) electrons. The smallest absolute Gasteiger partial charge is 0.330 e. The highest BCUT2D eigenvalue weighted by atomic mass is 16.5. The van der Waals surface area contributed by atoms with Crippen LogP contribution in [0.4, 0.5) is 0 Å². The Labute approximate surface area is 77.1 Å². The van der Waals surface area contributed by atoms with E-state index >= 15 is 0 Å². The zero-order valence-corrected chi connectivity index (χ0v) is 7.41. The fraction of sp³-hybridized carbons (Fsp3) is 0.333. The molecule has 0 aromatic rings. The Morgan fingerprint density at radius 2 is 2.08 bits per heavy atom. The van der Waals surface area contributed by atoms with Gasteiger partial charge in [0.25, 0.3) is 0 Å². The Kier molecular flexibility index (Phi) is 5.27. The van der Waals surface area contributed by atoms with Crippen LogP contribution in [0.2, 0.25) is 0 Å². The van der Waals surface area contributed by atoms with Crippen LogP contribution >= 0.6 is 0 Å². The number of esters is 1. The molecule has 13 heavy (non-hydrogen) atoms. The molecule has 0 fully saturated rings. The number of carbonyl (C=O) groups excluding carboxylic acids is 2. The number of hydrogen-bond acceptors (Lipinski definition) is 3. The third-order valence-electron chi connectivity index (χ3n) is 1.38. The largest absolute Gasteiger partial charge is 0.463 e. The summed E-state index contributed by atoms with van der Waals surface area (Å²) in [7, 11) is 0. The number of primary amides is 1. The SMILES string of the molecule is C=CC(=O)OCCCC(=C)C(N)=O. The van der Waals surface area contributed by atoms with Crippen molar-refractivity contribution in [1.29, 1.82) is 0 Å². The molecule has 0 aliphatic rings. The number of rotatable bonds is 6. The molecular weight excluding hydrogens is 170 g/mol. The van der Waals surface area contributed by atoms with Crippen LogP contribution in [0.3, 0.4) is 0 Å². The molecule has 0 saturated carbocycles. The minimum Gasteiger partial charge on any atom is -0.463 e. The van der Waals surface area contributed by atoms with Gasteiger partial charge in [-0.3, -0.25) is 4.79 Å². The highest BCUT2D eigenvalue weighted by Gasteiger charge is 2.01. The molecule has 0 atom stereocenters. The maximum absolute atomic E-state index is 10.5. The summed E-state index contributed by atoms with van der Waals surface area (Å²) in [5.74, 6) is -0.986. The van der Waals surface area contributed by atoms with Crippen LogP contribution < -0.4 is 5.73 Å². The zero-order chi connectivity index (χ0) is 10.3. The second-order valence-electron chi connectivity index (χ2n) is 2.44. The van der Waals surface area contributed by atoms with Crippen LogP contribution in [0.5, 0.6) is 0 Å². The summed E-state index contributed by atoms with van der Waals surface area (Å²) in [6.07, 6.45) is 2.07. The molecule has 2 N–H and O–H groups in total. The van der Waals surface area contributed by atoms with E-state index in [-0.39, 0.29) is 6.61 Å². The van der Waals surface area contributed by atoms with Gasteiger partial charge in [-0.2, -0.15) is 0 Å². The maximum Gasteiger partial charge on any atom is 0.330 e. The molecule has 0 aromatic heterocycles. The van der Waals surface area contributed by atoms with E-state index in [4.69, 9.17) is 5.73 Å². The topological polar surface area (TPSA) is 69.4 Å². The predicted molar refractivity (Wildman–Crippen MR) is 48.7 cm³/mol.